The van der Waals surface area contributed by atoms with E-state index in [0.29, 0.717) is 12.1 Å². The summed E-state index contributed by atoms with van der Waals surface area (Å²) in [7, 11) is 1.35. The standard InChI is InChI=1S/C15H18N4O3/c1-3-18-9-16-7-11(18)8-19-13-6-10(14(20)22-2)4-5-12(13)17-15(19)21/h4-7,9,15,17,21H,3,8H2,1-2H3. The molecule has 2 aromatic rings. The summed E-state index contributed by atoms with van der Waals surface area (Å²) in [5.41, 5.74) is 2.98. The Morgan fingerprint density at radius 3 is 3.05 bits per heavy atom. The van der Waals surface area contributed by atoms with Crippen LogP contribution in [0.5, 0.6) is 0 Å². The maximum absolute atomic E-state index is 11.7. The van der Waals surface area contributed by atoms with Crippen molar-refractivity contribution in [3.05, 3.63) is 42.0 Å². The highest BCUT2D eigenvalue weighted by Gasteiger charge is 2.28. The monoisotopic (exact) mass is 302 g/mol. The number of rotatable bonds is 4. The van der Waals surface area contributed by atoms with Gasteiger partial charge >= 0.3 is 5.97 Å². The SMILES string of the molecule is CCn1cncc1CN1c2cc(C(=O)OC)ccc2NC1O. The molecule has 1 aliphatic rings. The molecule has 1 aliphatic heterocycles. The van der Waals surface area contributed by atoms with Gasteiger partial charge in [0.15, 0.2) is 0 Å². The number of benzene rings is 1. The van der Waals surface area contributed by atoms with Crippen molar-refractivity contribution in [1.82, 2.24) is 9.55 Å². The molecule has 116 valence electrons. The Bertz CT molecular complexity index is 698. The van der Waals surface area contributed by atoms with E-state index in [1.807, 2.05) is 11.5 Å². The first kappa shape index (κ1) is 14.4. The molecule has 0 bridgehead atoms. The van der Waals surface area contributed by atoms with Crippen molar-refractivity contribution < 1.29 is 14.6 Å². The minimum Gasteiger partial charge on any atom is -0.465 e. The van der Waals surface area contributed by atoms with Crippen LogP contribution in [-0.4, -0.2) is 34.1 Å². The average Bonchev–Trinajstić information content (AvgIpc) is 3.11. The first-order valence-electron chi connectivity index (χ1n) is 7.06. The minimum atomic E-state index is -0.844. The maximum atomic E-state index is 11.7. The van der Waals surface area contributed by atoms with Gasteiger partial charge in [0, 0.05) is 12.7 Å². The van der Waals surface area contributed by atoms with Crippen LogP contribution in [0.15, 0.2) is 30.7 Å². The van der Waals surface area contributed by atoms with Crippen LogP contribution in [0, 0.1) is 0 Å². The topological polar surface area (TPSA) is 79.6 Å². The fraction of sp³-hybridized carbons (Fsp3) is 0.333. The van der Waals surface area contributed by atoms with Gasteiger partial charge in [-0.1, -0.05) is 0 Å². The van der Waals surface area contributed by atoms with Crippen molar-refractivity contribution in [2.45, 2.75) is 26.4 Å². The van der Waals surface area contributed by atoms with Gasteiger partial charge in [0.1, 0.15) is 0 Å². The summed E-state index contributed by atoms with van der Waals surface area (Å²) in [5.74, 6) is -0.400. The van der Waals surface area contributed by atoms with E-state index >= 15 is 0 Å². The van der Waals surface area contributed by atoms with Crippen molar-refractivity contribution in [3.8, 4) is 0 Å². The maximum Gasteiger partial charge on any atom is 0.337 e. The predicted octanol–water partition coefficient (Wildman–Crippen LogP) is 1.40. The third-order valence-electron chi connectivity index (χ3n) is 3.78. The van der Waals surface area contributed by atoms with Gasteiger partial charge in [-0.05, 0) is 25.1 Å². The Hall–Kier alpha value is -2.54. The number of hydrogen-bond donors (Lipinski definition) is 2. The first-order chi connectivity index (χ1) is 10.6. The largest absolute Gasteiger partial charge is 0.465 e. The molecule has 0 spiro atoms. The normalized spacial score (nSPS) is 16.3. The molecule has 7 heteroatoms. The molecule has 0 saturated heterocycles. The van der Waals surface area contributed by atoms with Gasteiger partial charge in [-0.3, -0.25) is 0 Å². The summed E-state index contributed by atoms with van der Waals surface area (Å²) in [6.07, 6.45) is 2.69. The van der Waals surface area contributed by atoms with Crippen LogP contribution in [-0.2, 0) is 17.8 Å². The second-order valence-corrected chi connectivity index (χ2v) is 5.04. The molecule has 0 aliphatic carbocycles. The fourth-order valence-electron chi connectivity index (χ4n) is 2.60. The smallest absolute Gasteiger partial charge is 0.337 e. The number of hydrogen-bond acceptors (Lipinski definition) is 6. The number of nitrogens with one attached hydrogen (secondary N) is 1. The van der Waals surface area contributed by atoms with Gasteiger partial charge in [0.05, 0.1) is 42.6 Å². The van der Waals surface area contributed by atoms with Crippen LogP contribution >= 0.6 is 0 Å². The number of carbonyl (C=O) groups excluding carboxylic acids is 1. The summed E-state index contributed by atoms with van der Waals surface area (Å²) in [6.45, 7) is 3.33. The third kappa shape index (κ3) is 2.39. The molecule has 1 aromatic carbocycles. The molecule has 0 saturated carbocycles. The number of aliphatic hydroxyl groups is 1. The molecule has 1 aromatic heterocycles. The zero-order valence-corrected chi connectivity index (χ0v) is 12.5. The molecule has 3 rings (SSSR count). The molecule has 0 fully saturated rings. The van der Waals surface area contributed by atoms with Gasteiger partial charge < -0.3 is 24.6 Å². The number of aromatic nitrogens is 2. The Labute approximate surface area is 128 Å². The summed E-state index contributed by atoms with van der Waals surface area (Å²) >= 11 is 0. The number of aryl methyl sites for hydroxylation is 1. The van der Waals surface area contributed by atoms with Crippen LogP contribution in [0.3, 0.4) is 0 Å². The molecule has 2 N–H and O–H groups in total. The highest BCUT2D eigenvalue weighted by atomic mass is 16.5. The lowest BCUT2D eigenvalue weighted by Gasteiger charge is -2.23. The highest BCUT2D eigenvalue weighted by Crippen LogP contribution is 2.35. The van der Waals surface area contributed by atoms with Gasteiger partial charge in [-0.15, -0.1) is 0 Å². The van der Waals surface area contributed by atoms with E-state index in [2.05, 4.69) is 10.3 Å². The lowest BCUT2D eigenvalue weighted by atomic mass is 10.1. The molecule has 7 nitrogen and oxygen atoms in total. The molecule has 1 atom stereocenters. The number of methoxy groups -OCH3 is 1. The first-order valence-corrected chi connectivity index (χ1v) is 7.06. The zero-order chi connectivity index (χ0) is 15.7. The molecular formula is C15H18N4O3. The Morgan fingerprint density at radius 1 is 1.50 bits per heavy atom. The lowest BCUT2D eigenvalue weighted by molar-refractivity contribution is 0.0600. The van der Waals surface area contributed by atoms with Gasteiger partial charge in [-0.2, -0.15) is 0 Å². The molecule has 2 heterocycles. The molecule has 0 radical (unpaired) electrons. The molecule has 1 unspecified atom stereocenters. The number of ether oxygens (including phenoxy) is 1. The van der Waals surface area contributed by atoms with Crippen molar-refractivity contribution >= 4 is 17.3 Å². The molecule has 22 heavy (non-hydrogen) atoms. The number of imidazole rings is 1. The van der Waals surface area contributed by atoms with Crippen molar-refractivity contribution in [2.24, 2.45) is 0 Å². The zero-order valence-electron chi connectivity index (χ0n) is 12.5. The summed E-state index contributed by atoms with van der Waals surface area (Å²) in [6, 6.07) is 5.16. The van der Waals surface area contributed by atoms with Gasteiger partial charge in [-0.25, -0.2) is 9.78 Å². The molecular weight excluding hydrogens is 284 g/mol. The van der Waals surface area contributed by atoms with Crippen molar-refractivity contribution in [3.63, 3.8) is 0 Å². The number of anilines is 2. The third-order valence-corrected chi connectivity index (χ3v) is 3.78. The van der Waals surface area contributed by atoms with Gasteiger partial charge in [0.25, 0.3) is 0 Å². The number of aliphatic hydroxyl groups excluding tert-OH is 1. The van der Waals surface area contributed by atoms with Crippen LogP contribution in [0.4, 0.5) is 11.4 Å². The van der Waals surface area contributed by atoms with Crippen LogP contribution in [0.2, 0.25) is 0 Å². The molecule has 0 amide bonds. The van der Waals surface area contributed by atoms with Crippen molar-refractivity contribution in [2.75, 3.05) is 17.3 Å². The quantitative estimate of drug-likeness (QED) is 0.831. The second kappa shape index (κ2) is 5.69. The summed E-state index contributed by atoms with van der Waals surface area (Å²) in [4.78, 5) is 17.6. The predicted molar refractivity (Wildman–Crippen MR) is 81.5 cm³/mol. The average molecular weight is 302 g/mol. The number of fused-ring (bicyclic) bond motifs is 1. The van der Waals surface area contributed by atoms with E-state index < -0.39 is 12.3 Å². The van der Waals surface area contributed by atoms with E-state index in [0.717, 1.165) is 23.6 Å². The summed E-state index contributed by atoms with van der Waals surface area (Å²) in [5, 5.41) is 13.2. The Morgan fingerprint density at radius 2 is 2.32 bits per heavy atom. The fourth-order valence-corrected chi connectivity index (χ4v) is 2.60. The minimum absolute atomic E-state index is 0.400. The van der Waals surface area contributed by atoms with Gasteiger partial charge in [0.2, 0.25) is 6.35 Å². The number of carbonyl (C=O) groups is 1. The Balaban J connectivity index is 1.92. The van der Waals surface area contributed by atoms with E-state index in [1.165, 1.54) is 7.11 Å². The van der Waals surface area contributed by atoms with E-state index in [4.69, 9.17) is 4.74 Å². The van der Waals surface area contributed by atoms with Crippen LogP contribution < -0.4 is 10.2 Å². The highest BCUT2D eigenvalue weighted by molar-refractivity contribution is 5.93. The Kier molecular flexibility index (Phi) is 3.72. The van der Waals surface area contributed by atoms with E-state index in [9.17, 15) is 9.90 Å². The second-order valence-electron chi connectivity index (χ2n) is 5.04. The summed E-state index contributed by atoms with van der Waals surface area (Å²) < 4.78 is 6.75. The van der Waals surface area contributed by atoms with Crippen LogP contribution in [0.1, 0.15) is 23.0 Å². The number of nitrogens with zero attached hydrogens (tertiary/aromatic N) is 3. The van der Waals surface area contributed by atoms with Crippen molar-refractivity contribution in [1.29, 1.82) is 0 Å². The van der Waals surface area contributed by atoms with E-state index in [1.54, 1.807) is 35.6 Å². The number of esters is 1. The van der Waals surface area contributed by atoms with Crippen LogP contribution in [0.25, 0.3) is 0 Å². The van der Waals surface area contributed by atoms with E-state index in [-0.39, 0.29) is 0 Å². The lowest BCUT2D eigenvalue weighted by Crippen LogP contribution is -2.35.